The van der Waals surface area contributed by atoms with Crippen LogP contribution in [0.4, 0.5) is 11.4 Å². The van der Waals surface area contributed by atoms with E-state index < -0.39 is 14.2 Å². The van der Waals surface area contributed by atoms with Gasteiger partial charge in [0.25, 0.3) is 10.3 Å². The highest BCUT2D eigenvalue weighted by molar-refractivity contribution is 7.80. The number of hydrogen-bond donors (Lipinski definition) is 6. The maximum absolute atomic E-state index is 10.2. The highest BCUT2D eigenvalue weighted by Gasteiger charge is 2.22. The number of anilines is 2. The number of hydrogen-bond acceptors (Lipinski definition) is 8. The third-order valence-electron chi connectivity index (χ3n) is 6.87. The summed E-state index contributed by atoms with van der Waals surface area (Å²) in [6.07, 6.45) is 0. The molecular formula is C31H23B2Cl3N2O6S2. The van der Waals surface area contributed by atoms with Gasteiger partial charge >= 0.3 is 14.2 Å². The van der Waals surface area contributed by atoms with Crippen LogP contribution in [0.3, 0.4) is 0 Å². The molecule has 0 spiro atoms. The second-order valence-corrected chi connectivity index (χ2v) is 11.9. The molecule has 5 rings (SSSR count). The summed E-state index contributed by atoms with van der Waals surface area (Å²) in [6.45, 7) is 1.88. The number of aryl methyl sites for hydroxylation is 1. The quantitative estimate of drug-likeness (QED) is 0.0928. The lowest BCUT2D eigenvalue weighted by atomic mass is 9.78. The summed E-state index contributed by atoms with van der Waals surface area (Å²) in [5.74, 6) is 0.895. The summed E-state index contributed by atoms with van der Waals surface area (Å²) in [4.78, 5) is 0. The molecule has 46 heavy (non-hydrogen) atoms. The molecule has 0 amide bonds. The summed E-state index contributed by atoms with van der Waals surface area (Å²) in [5, 5.41) is 47.3. The van der Waals surface area contributed by atoms with E-state index in [1.807, 2.05) is 49.4 Å². The largest absolute Gasteiger partial charge is 0.490 e. The summed E-state index contributed by atoms with van der Waals surface area (Å²) in [6, 6.07) is 24.4. The van der Waals surface area contributed by atoms with Crippen LogP contribution in [0.25, 0.3) is 21.9 Å². The molecule has 0 radical (unpaired) electrons. The van der Waals surface area contributed by atoms with E-state index in [0.717, 1.165) is 16.3 Å². The standard InChI is InChI=1S/C31H23B2Cl3N2O6S2/c1-16-6-2-5-9-28(16)44-31(46)38-27-12-18(11-23(29(27)36)33(41)42)21-13-19(10-17-7-3-4-8-20(17)21)43-30(45)37-26-14-22(32(39)40)24(34)15-25(26)35/h2-15,39-42H,1H3,(H,37,45)(H,38,46). The molecule has 0 fully saturated rings. The van der Waals surface area contributed by atoms with E-state index >= 15 is 0 Å². The smallest absolute Gasteiger partial charge is 0.432 e. The maximum atomic E-state index is 10.2. The highest BCUT2D eigenvalue weighted by atomic mass is 35.5. The Morgan fingerprint density at radius 2 is 1.35 bits per heavy atom. The van der Waals surface area contributed by atoms with Crippen molar-refractivity contribution in [1.82, 2.24) is 0 Å². The molecule has 232 valence electrons. The van der Waals surface area contributed by atoms with Crippen molar-refractivity contribution in [3.63, 3.8) is 0 Å². The first-order chi connectivity index (χ1) is 21.9. The summed E-state index contributed by atoms with van der Waals surface area (Å²) >= 11 is 29.8. The minimum Gasteiger partial charge on any atom is -0.432 e. The molecule has 15 heteroatoms. The highest BCUT2D eigenvalue weighted by Crippen LogP contribution is 2.36. The fourth-order valence-electron chi connectivity index (χ4n) is 4.67. The minimum absolute atomic E-state index is 0.00262. The fraction of sp³-hybridized carbons (Fsp3) is 0.0323. The van der Waals surface area contributed by atoms with Gasteiger partial charge in [0.05, 0.1) is 21.4 Å². The lowest BCUT2D eigenvalue weighted by molar-refractivity contribution is 0.424. The van der Waals surface area contributed by atoms with Crippen molar-refractivity contribution in [2.75, 3.05) is 10.6 Å². The Morgan fingerprint density at radius 1 is 0.696 bits per heavy atom. The zero-order valence-electron chi connectivity index (χ0n) is 23.8. The van der Waals surface area contributed by atoms with Crippen molar-refractivity contribution in [3.05, 3.63) is 106 Å². The average molecular weight is 712 g/mol. The molecule has 0 aliphatic rings. The monoisotopic (exact) mass is 710 g/mol. The van der Waals surface area contributed by atoms with Gasteiger partial charge < -0.3 is 40.2 Å². The molecule has 5 aromatic rings. The van der Waals surface area contributed by atoms with E-state index in [9.17, 15) is 20.1 Å². The Bertz CT molecular complexity index is 1980. The van der Waals surface area contributed by atoms with E-state index in [1.165, 1.54) is 12.1 Å². The zero-order chi connectivity index (χ0) is 33.1. The van der Waals surface area contributed by atoms with Crippen LogP contribution in [0.1, 0.15) is 5.56 Å². The summed E-state index contributed by atoms with van der Waals surface area (Å²) in [5.41, 5.74) is 2.68. The van der Waals surface area contributed by atoms with E-state index in [1.54, 1.807) is 30.3 Å². The Labute approximate surface area is 290 Å². The van der Waals surface area contributed by atoms with Crippen LogP contribution >= 0.6 is 59.2 Å². The van der Waals surface area contributed by atoms with Crippen molar-refractivity contribution < 1.29 is 29.6 Å². The molecular weight excluding hydrogens is 688 g/mol. The number of para-hydroxylation sites is 1. The van der Waals surface area contributed by atoms with E-state index in [4.69, 9.17) is 68.7 Å². The van der Waals surface area contributed by atoms with Gasteiger partial charge in [-0.15, -0.1) is 0 Å². The number of nitrogens with one attached hydrogen (secondary N) is 2. The Morgan fingerprint density at radius 3 is 2.07 bits per heavy atom. The average Bonchev–Trinajstić information content (AvgIpc) is 3.00. The number of halogens is 3. The molecule has 5 aromatic carbocycles. The lowest BCUT2D eigenvalue weighted by Crippen LogP contribution is -2.32. The summed E-state index contributed by atoms with van der Waals surface area (Å²) in [7, 11) is -3.72. The zero-order valence-corrected chi connectivity index (χ0v) is 27.7. The Hall–Kier alpha value is -3.42. The van der Waals surface area contributed by atoms with Gasteiger partial charge in [0.2, 0.25) is 0 Å². The van der Waals surface area contributed by atoms with Crippen molar-refractivity contribution in [2.45, 2.75) is 6.92 Å². The molecule has 0 aliphatic carbocycles. The predicted molar refractivity (Wildman–Crippen MR) is 195 cm³/mol. The third kappa shape index (κ3) is 7.75. The van der Waals surface area contributed by atoms with Crippen LogP contribution in [-0.2, 0) is 0 Å². The fourth-order valence-corrected chi connectivity index (χ4v) is 5.86. The van der Waals surface area contributed by atoms with Crippen LogP contribution in [0, 0.1) is 6.92 Å². The van der Waals surface area contributed by atoms with Crippen molar-refractivity contribution in [1.29, 1.82) is 0 Å². The minimum atomic E-state index is -1.90. The van der Waals surface area contributed by atoms with Gasteiger partial charge in [-0.2, -0.15) is 0 Å². The first kappa shape index (κ1) is 33.9. The molecule has 6 N–H and O–H groups in total. The van der Waals surface area contributed by atoms with Crippen LogP contribution in [0.15, 0.2) is 84.9 Å². The van der Waals surface area contributed by atoms with E-state index in [-0.39, 0.29) is 47.7 Å². The molecule has 0 saturated heterocycles. The first-order valence-electron chi connectivity index (χ1n) is 13.5. The van der Waals surface area contributed by atoms with E-state index in [2.05, 4.69) is 10.6 Å². The Kier molecular flexibility index (Phi) is 10.7. The van der Waals surface area contributed by atoms with E-state index in [0.29, 0.717) is 22.6 Å². The summed E-state index contributed by atoms with van der Waals surface area (Å²) < 4.78 is 11.8. The number of benzene rings is 5. The van der Waals surface area contributed by atoms with Gasteiger partial charge in [-0.25, -0.2) is 0 Å². The van der Waals surface area contributed by atoms with Crippen LogP contribution in [0.2, 0.25) is 15.1 Å². The molecule has 0 aliphatic heterocycles. The number of thiocarbonyl (C=S) groups is 2. The van der Waals surface area contributed by atoms with Gasteiger partial charge in [0.15, 0.2) is 0 Å². The second-order valence-electron chi connectivity index (χ2n) is 10.0. The molecule has 0 bridgehead atoms. The normalized spacial score (nSPS) is 10.8. The van der Waals surface area contributed by atoms with Crippen molar-refractivity contribution >= 4 is 117 Å². The molecule has 0 unspecified atom stereocenters. The predicted octanol–water partition coefficient (Wildman–Crippen LogP) is 5.69. The lowest BCUT2D eigenvalue weighted by Gasteiger charge is -2.18. The molecule has 0 saturated carbocycles. The van der Waals surface area contributed by atoms with Gasteiger partial charge in [0, 0.05) is 15.9 Å². The topological polar surface area (TPSA) is 123 Å². The van der Waals surface area contributed by atoms with Crippen LogP contribution in [-0.4, -0.2) is 44.7 Å². The van der Waals surface area contributed by atoms with Crippen LogP contribution in [0.5, 0.6) is 11.5 Å². The number of rotatable bonds is 7. The van der Waals surface area contributed by atoms with Crippen molar-refractivity contribution in [2.24, 2.45) is 0 Å². The first-order valence-corrected chi connectivity index (χ1v) is 15.5. The molecule has 0 aromatic heterocycles. The van der Waals surface area contributed by atoms with Gasteiger partial charge in [-0.3, -0.25) is 0 Å². The molecule has 0 heterocycles. The van der Waals surface area contributed by atoms with Crippen molar-refractivity contribution in [3.8, 4) is 22.6 Å². The molecule has 8 nitrogen and oxygen atoms in total. The molecule has 0 atom stereocenters. The van der Waals surface area contributed by atoms with Gasteiger partial charge in [-0.1, -0.05) is 83.3 Å². The number of ether oxygens (including phenoxy) is 2. The van der Waals surface area contributed by atoms with Gasteiger partial charge in [0.1, 0.15) is 11.5 Å². The third-order valence-corrected chi connectivity index (χ3v) is 8.30. The van der Waals surface area contributed by atoms with Gasteiger partial charge in [-0.05, 0) is 95.2 Å². The number of fused-ring (bicyclic) bond motifs is 1. The SMILES string of the molecule is Cc1ccccc1OC(=S)Nc1cc(-c2cc(OC(=S)Nc3cc(B(O)O)c(Cl)cc3Cl)cc3ccccc23)cc(B(O)O)c1Cl. The second kappa shape index (κ2) is 14.6. The Balaban J connectivity index is 1.51. The maximum Gasteiger partial charge on any atom is 0.490 e. The van der Waals surface area contributed by atoms with Crippen LogP contribution < -0.4 is 31.0 Å².